The zero-order valence-corrected chi connectivity index (χ0v) is 9.03. The third-order valence-electron chi connectivity index (χ3n) is 2.31. The Balaban J connectivity index is 2.79. The normalized spacial score (nSPS) is 11.4. The minimum atomic E-state index is -0.899. The lowest BCUT2D eigenvalue weighted by Gasteiger charge is -2.10. The summed E-state index contributed by atoms with van der Waals surface area (Å²) in [5, 5.41) is 9.05. The van der Waals surface area contributed by atoms with E-state index in [0.29, 0.717) is 18.4 Å². The van der Waals surface area contributed by atoms with E-state index in [2.05, 4.69) is 11.8 Å². The second kappa shape index (κ2) is 5.92. The van der Waals surface area contributed by atoms with Crippen molar-refractivity contribution in [2.45, 2.75) is 25.7 Å². The monoisotopic (exact) mass is 220 g/mol. The summed E-state index contributed by atoms with van der Waals surface area (Å²) in [7, 11) is 0. The lowest BCUT2D eigenvalue weighted by Crippen LogP contribution is -2.11. The Hall–Kier alpha value is -1.82. The van der Waals surface area contributed by atoms with Crippen LogP contribution >= 0.6 is 0 Å². The van der Waals surface area contributed by atoms with Gasteiger partial charge in [-0.1, -0.05) is 12.1 Å². The highest BCUT2D eigenvalue weighted by atomic mass is 19.1. The molecule has 1 N–H and O–H groups in total. The first-order chi connectivity index (χ1) is 7.65. The Labute approximate surface area is 94.1 Å². The molecule has 0 aliphatic rings. The van der Waals surface area contributed by atoms with Crippen molar-refractivity contribution in [3.8, 4) is 11.8 Å². The van der Waals surface area contributed by atoms with Crippen molar-refractivity contribution in [3.05, 3.63) is 35.6 Å². The number of carbonyl (C=O) groups is 1. The van der Waals surface area contributed by atoms with Crippen LogP contribution in [0.2, 0.25) is 0 Å². The van der Waals surface area contributed by atoms with Gasteiger partial charge >= 0.3 is 5.97 Å². The summed E-state index contributed by atoms with van der Waals surface area (Å²) < 4.78 is 12.7. The minimum Gasteiger partial charge on any atom is -0.481 e. The van der Waals surface area contributed by atoms with E-state index >= 15 is 0 Å². The molecule has 1 unspecified atom stereocenters. The first kappa shape index (κ1) is 12.3. The highest BCUT2D eigenvalue weighted by Crippen LogP contribution is 2.21. The van der Waals surface area contributed by atoms with Gasteiger partial charge in [0, 0.05) is 6.42 Å². The Kier molecular flexibility index (Phi) is 4.53. The Morgan fingerprint density at radius 3 is 2.56 bits per heavy atom. The van der Waals surface area contributed by atoms with E-state index < -0.39 is 11.9 Å². The van der Waals surface area contributed by atoms with Crippen LogP contribution in [0, 0.1) is 17.7 Å². The second-order valence-corrected chi connectivity index (χ2v) is 3.41. The lowest BCUT2D eigenvalue weighted by atomic mass is 9.94. The predicted octanol–water partition coefficient (Wildman–Crippen LogP) is 2.80. The van der Waals surface area contributed by atoms with Crippen LogP contribution in [0.1, 0.15) is 31.2 Å². The van der Waals surface area contributed by atoms with Crippen LogP contribution in [0.5, 0.6) is 0 Å². The highest BCUT2D eigenvalue weighted by molar-refractivity contribution is 5.76. The Morgan fingerprint density at radius 2 is 2.06 bits per heavy atom. The second-order valence-electron chi connectivity index (χ2n) is 3.41. The number of rotatable bonds is 4. The zero-order chi connectivity index (χ0) is 12.0. The van der Waals surface area contributed by atoms with Gasteiger partial charge < -0.3 is 5.11 Å². The van der Waals surface area contributed by atoms with Gasteiger partial charge in [0.05, 0.1) is 5.92 Å². The molecule has 0 aliphatic heterocycles. The molecule has 0 amide bonds. The van der Waals surface area contributed by atoms with Crippen LogP contribution < -0.4 is 0 Å². The smallest absolute Gasteiger partial charge is 0.311 e. The summed E-state index contributed by atoms with van der Waals surface area (Å²) >= 11 is 0. The van der Waals surface area contributed by atoms with E-state index in [4.69, 9.17) is 5.11 Å². The van der Waals surface area contributed by atoms with E-state index in [1.165, 1.54) is 24.3 Å². The molecule has 0 fully saturated rings. The number of hydrogen-bond acceptors (Lipinski definition) is 1. The van der Waals surface area contributed by atoms with Crippen LogP contribution in [0.25, 0.3) is 0 Å². The summed E-state index contributed by atoms with van der Waals surface area (Å²) in [6.45, 7) is 1.72. The van der Waals surface area contributed by atoms with Gasteiger partial charge in [-0.2, -0.15) is 0 Å². The fraction of sp³-hybridized carbons (Fsp3) is 0.308. The summed E-state index contributed by atoms with van der Waals surface area (Å²) in [4.78, 5) is 11.0. The maximum atomic E-state index is 12.7. The molecule has 2 nitrogen and oxygen atoms in total. The average molecular weight is 220 g/mol. The standard InChI is InChI=1S/C13H13FO2/c1-2-3-4-5-12(13(15)16)10-6-8-11(14)9-7-10/h6-9,12H,4-5H2,1H3,(H,15,16). The van der Waals surface area contributed by atoms with Gasteiger partial charge in [-0.05, 0) is 31.0 Å². The van der Waals surface area contributed by atoms with E-state index in [1.807, 2.05) is 0 Å². The predicted molar refractivity (Wildman–Crippen MR) is 59.5 cm³/mol. The Morgan fingerprint density at radius 1 is 1.44 bits per heavy atom. The molecule has 0 aromatic heterocycles. The molecule has 0 heterocycles. The van der Waals surface area contributed by atoms with Crippen LogP contribution in [-0.2, 0) is 4.79 Å². The van der Waals surface area contributed by atoms with Gasteiger partial charge in [0.1, 0.15) is 5.82 Å². The quantitative estimate of drug-likeness (QED) is 0.792. The molecule has 0 saturated heterocycles. The van der Waals surface area contributed by atoms with Crippen LogP contribution in [-0.4, -0.2) is 11.1 Å². The third-order valence-corrected chi connectivity index (χ3v) is 2.31. The molecule has 0 aliphatic carbocycles. The molecular formula is C13H13FO2. The molecule has 84 valence electrons. The van der Waals surface area contributed by atoms with Crippen molar-refractivity contribution in [1.29, 1.82) is 0 Å². The first-order valence-corrected chi connectivity index (χ1v) is 5.03. The van der Waals surface area contributed by atoms with Gasteiger partial charge in [0.25, 0.3) is 0 Å². The average Bonchev–Trinajstić information content (AvgIpc) is 2.26. The van der Waals surface area contributed by atoms with Crippen LogP contribution in [0.3, 0.4) is 0 Å². The fourth-order valence-corrected chi connectivity index (χ4v) is 1.47. The number of hydrogen-bond donors (Lipinski definition) is 1. The zero-order valence-electron chi connectivity index (χ0n) is 9.03. The van der Waals surface area contributed by atoms with Crippen LogP contribution in [0.15, 0.2) is 24.3 Å². The first-order valence-electron chi connectivity index (χ1n) is 5.03. The van der Waals surface area contributed by atoms with Crippen molar-refractivity contribution in [2.75, 3.05) is 0 Å². The molecule has 1 aromatic rings. The third kappa shape index (κ3) is 3.39. The van der Waals surface area contributed by atoms with E-state index in [9.17, 15) is 9.18 Å². The molecule has 16 heavy (non-hydrogen) atoms. The van der Waals surface area contributed by atoms with Gasteiger partial charge in [-0.25, -0.2) is 4.39 Å². The van der Waals surface area contributed by atoms with E-state index in [-0.39, 0.29) is 5.82 Å². The molecule has 1 aromatic carbocycles. The molecule has 1 rings (SSSR count). The van der Waals surface area contributed by atoms with Crippen LogP contribution in [0.4, 0.5) is 4.39 Å². The molecule has 3 heteroatoms. The van der Waals surface area contributed by atoms with Gasteiger partial charge in [-0.3, -0.25) is 4.79 Å². The number of carboxylic acid groups (broad SMARTS) is 1. The largest absolute Gasteiger partial charge is 0.481 e. The van der Waals surface area contributed by atoms with Crippen molar-refractivity contribution >= 4 is 5.97 Å². The van der Waals surface area contributed by atoms with Crippen molar-refractivity contribution in [3.63, 3.8) is 0 Å². The van der Waals surface area contributed by atoms with Crippen molar-refractivity contribution in [1.82, 2.24) is 0 Å². The minimum absolute atomic E-state index is 0.360. The molecule has 0 saturated carbocycles. The maximum absolute atomic E-state index is 12.7. The van der Waals surface area contributed by atoms with Crippen molar-refractivity contribution < 1.29 is 14.3 Å². The van der Waals surface area contributed by atoms with Gasteiger partial charge in [0.2, 0.25) is 0 Å². The van der Waals surface area contributed by atoms with Gasteiger partial charge in [0.15, 0.2) is 0 Å². The van der Waals surface area contributed by atoms with E-state index in [0.717, 1.165) is 0 Å². The topological polar surface area (TPSA) is 37.3 Å². The Bertz CT molecular complexity index is 412. The summed E-state index contributed by atoms with van der Waals surface area (Å²) in [5.41, 5.74) is 0.617. The number of aliphatic carboxylic acids is 1. The SMILES string of the molecule is CC#CCCC(C(=O)O)c1ccc(F)cc1. The summed E-state index contributed by atoms with van der Waals surface area (Å²) in [5.74, 6) is 3.68. The van der Waals surface area contributed by atoms with E-state index in [1.54, 1.807) is 6.92 Å². The molecule has 0 bridgehead atoms. The summed E-state index contributed by atoms with van der Waals surface area (Å²) in [6.07, 6.45) is 0.979. The molecular weight excluding hydrogens is 207 g/mol. The molecule has 0 spiro atoms. The summed E-state index contributed by atoms with van der Waals surface area (Å²) in [6, 6.07) is 5.56. The van der Waals surface area contributed by atoms with Gasteiger partial charge in [-0.15, -0.1) is 11.8 Å². The highest BCUT2D eigenvalue weighted by Gasteiger charge is 2.18. The maximum Gasteiger partial charge on any atom is 0.311 e. The number of halogens is 1. The molecule has 0 radical (unpaired) electrons. The number of carboxylic acids is 1. The fourth-order valence-electron chi connectivity index (χ4n) is 1.47. The van der Waals surface area contributed by atoms with Crippen molar-refractivity contribution in [2.24, 2.45) is 0 Å². The molecule has 1 atom stereocenters. The lowest BCUT2D eigenvalue weighted by molar-refractivity contribution is -0.138. The number of benzene rings is 1.